The number of aliphatic carboxylic acids is 1. The van der Waals surface area contributed by atoms with Crippen LogP contribution >= 0.6 is 0 Å². The second kappa shape index (κ2) is 13.6. The van der Waals surface area contributed by atoms with Crippen molar-refractivity contribution in [3.05, 3.63) is 89.0 Å². The van der Waals surface area contributed by atoms with Gasteiger partial charge in [-0.1, -0.05) is 30.3 Å². The molecule has 0 bridgehead atoms. The Morgan fingerprint density at radius 2 is 1.65 bits per heavy atom. The minimum atomic E-state index is -3.06. The normalized spacial score (nSPS) is 17.1. The van der Waals surface area contributed by atoms with Crippen LogP contribution < -0.4 is 4.74 Å². The van der Waals surface area contributed by atoms with Gasteiger partial charge in [0.25, 0.3) is 0 Å². The molecule has 254 valence electrons. The molecule has 2 saturated heterocycles. The molecule has 1 N–H and O–H groups in total. The molecule has 5 aromatic rings. The number of carbonyl (C=O) groups is 1. The molecule has 0 radical (unpaired) electrons. The monoisotopic (exact) mass is 670 g/mol. The average Bonchev–Trinajstić information content (AvgIpc) is 3.84. The lowest BCUT2D eigenvalue weighted by Crippen LogP contribution is -2.35. The van der Waals surface area contributed by atoms with Gasteiger partial charge in [-0.25, -0.2) is 9.37 Å². The van der Waals surface area contributed by atoms with E-state index in [0.29, 0.717) is 54.2 Å². The number of ether oxygens (including phenoxy) is 1. The number of fused-ring (bicyclic) bond motifs is 1. The third-order valence-electron chi connectivity index (χ3n) is 9.80. The number of hydrogen-bond donors (Lipinski definition) is 1. The molecule has 2 fully saturated rings. The Bertz CT molecular complexity index is 2020. The second-order valence-electron chi connectivity index (χ2n) is 12.9. The predicted molar refractivity (Wildman–Crippen MR) is 180 cm³/mol. The summed E-state index contributed by atoms with van der Waals surface area (Å²) in [5.74, 6) is -1.01. The summed E-state index contributed by atoms with van der Waals surface area (Å²) in [5.41, 5.74) is 7.66. The molecule has 0 saturated carbocycles. The summed E-state index contributed by atoms with van der Waals surface area (Å²) in [6.07, 6.45) is 5.20. The lowest BCUT2D eigenvalue weighted by molar-refractivity contribution is -0.142. The number of alkyl halides is 2. The van der Waals surface area contributed by atoms with E-state index in [0.717, 1.165) is 59.3 Å². The van der Waals surface area contributed by atoms with E-state index in [4.69, 9.17) is 14.1 Å². The van der Waals surface area contributed by atoms with Crippen LogP contribution in [0.5, 0.6) is 5.75 Å². The third-order valence-corrected chi connectivity index (χ3v) is 9.80. The smallest absolute Gasteiger partial charge is 0.387 e. The van der Waals surface area contributed by atoms with E-state index in [9.17, 15) is 18.7 Å². The molecule has 3 aromatic carbocycles. The molecule has 8 nitrogen and oxygen atoms in total. The summed E-state index contributed by atoms with van der Waals surface area (Å²) in [7, 11) is 0. The van der Waals surface area contributed by atoms with Gasteiger partial charge < -0.3 is 14.3 Å². The molecule has 1 atom stereocenters. The maximum absolute atomic E-state index is 15.2. The number of nitrogens with zero attached hydrogens (tertiary/aromatic N) is 4. The van der Waals surface area contributed by atoms with Crippen molar-refractivity contribution in [2.45, 2.75) is 65.3 Å². The van der Waals surface area contributed by atoms with Crippen molar-refractivity contribution < 1.29 is 32.2 Å². The van der Waals surface area contributed by atoms with Crippen LogP contribution in [0.4, 0.5) is 13.2 Å². The second-order valence-corrected chi connectivity index (χ2v) is 12.9. The van der Waals surface area contributed by atoms with E-state index < -0.39 is 18.6 Å². The number of aromatic nitrogens is 2. The molecule has 0 unspecified atom stereocenters. The van der Waals surface area contributed by atoms with Crippen LogP contribution in [0.3, 0.4) is 0 Å². The predicted octanol–water partition coefficient (Wildman–Crippen LogP) is 8.23. The SMILES string of the molecule is Cc1c(-c2cnc(CN3CCCC3)c(F)c2)cccc1-c1cccc(-c2nc3cc(CN4CCC[C@H]4C(=O)O)c(OC(F)F)cc3o2)c1C. The van der Waals surface area contributed by atoms with E-state index in [1.807, 2.05) is 50.2 Å². The van der Waals surface area contributed by atoms with Crippen LogP contribution in [0.1, 0.15) is 48.1 Å². The minimum Gasteiger partial charge on any atom is -0.480 e. The van der Waals surface area contributed by atoms with Crippen LogP contribution in [-0.2, 0) is 17.9 Å². The van der Waals surface area contributed by atoms with Crippen molar-refractivity contribution in [3.63, 3.8) is 0 Å². The Kier molecular flexibility index (Phi) is 9.13. The van der Waals surface area contributed by atoms with Crippen molar-refractivity contribution in [1.29, 1.82) is 0 Å². The number of likely N-dealkylation sites (tertiary alicyclic amines) is 2. The first-order chi connectivity index (χ1) is 23.7. The maximum Gasteiger partial charge on any atom is 0.387 e. The number of oxazole rings is 1. The van der Waals surface area contributed by atoms with E-state index in [1.165, 1.54) is 6.07 Å². The molecule has 7 rings (SSSR count). The molecule has 4 heterocycles. The number of benzene rings is 3. The van der Waals surface area contributed by atoms with E-state index >= 15 is 4.39 Å². The largest absolute Gasteiger partial charge is 0.480 e. The third kappa shape index (κ3) is 6.65. The number of pyridine rings is 1. The fourth-order valence-corrected chi connectivity index (χ4v) is 7.24. The molecule has 2 aromatic heterocycles. The molecule has 11 heteroatoms. The van der Waals surface area contributed by atoms with Gasteiger partial charge in [-0.05, 0) is 105 Å². The van der Waals surface area contributed by atoms with Gasteiger partial charge in [-0.2, -0.15) is 8.78 Å². The highest BCUT2D eigenvalue weighted by Crippen LogP contribution is 2.39. The Morgan fingerprint density at radius 1 is 0.959 bits per heavy atom. The van der Waals surface area contributed by atoms with Gasteiger partial charge >= 0.3 is 12.6 Å². The molecular formula is C38H37F3N4O4. The van der Waals surface area contributed by atoms with Crippen molar-refractivity contribution in [2.75, 3.05) is 19.6 Å². The number of carboxylic acids is 1. The minimum absolute atomic E-state index is 0.0749. The van der Waals surface area contributed by atoms with Crippen molar-refractivity contribution in [1.82, 2.24) is 19.8 Å². The summed E-state index contributed by atoms with van der Waals surface area (Å²) < 4.78 is 53.1. The molecule has 0 amide bonds. The highest BCUT2D eigenvalue weighted by atomic mass is 19.3. The van der Waals surface area contributed by atoms with Crippen LogP contribution in [0.25, 0.3) is 44.8 Å². The summed E-state index contributed by atoms with van der Waals surface area (Å²) in [5, 5.41) is 9.62. The number of hydrogen-bond acceptors (Lipinski definition) is 7. The van der Waals surface area contributed by atoms with Gasteiger partial charge in [-0.3, -0.25) is 19.6 Å². The van der Waals surface area contributed by atoms with Crippen LogP contribution in [0, 0.1) is 19.7 Å². The van der Waals surface area contributed by atoms with Crippen molar-refractivity contribution in [3.8, 4) is 39.5 Å². The van der Waals surface area contributed by atoms with Crippen LogP contribution in [-0.4, -0.2) is 63.1 Å². The maximum atomic E-state index is 15.2. The highest BCUT2D eigenvalue weighted by molar-refractivity contribution is 5.84. The fraction of sp³-hybridized carbons (Fsp3) is 0.342. The molecule has 49 heavy (non-hydrogen) atoms. The van der Waals surface area contributed by atoms with E-state index in [-0.39, 0.29) is 23.7 Å². The fourth-order valence-electron chi connectivity index (χ4n) is 7.24. The first-order valence-electron chi connectivity index (χ1n) is 16.6. The Balaban J connectivity index is 1.21. The molecule has 0 spiro atoms. The van der Waals surface area contributed by atoms with Crippen molar-refractivity contribution >= 4 is 17.1 Å². The number of rotatable bonds is 10. The Hall–Kier alpha value is -4.74. The topological polar surface area (TPSA) is 91.9 Å². The quantitative estimate of drug-likeness (QED) is 0.159. The Labute approximate surface area is 282 Å². The lowest BCUT2D eigenvalue weighted by atomic mass is 9.89. The molecule has 2 aliphatic rings. The zero-order valence-corrected chi connectivity index (χ0v) is 27.4. The molecular weight excluding hydrogens is 633 g/mol. The standard InChI is InChI=1S/C38H37F3N4O4/c1-22-26(24-16-30(39)32(42-19-24)21-44-13-3-4-14-44)8-5-9-27(22)28-10-6-11-29(23(28)2)36-43-31-17-25(20-45-15-7-12-33(45)37(46)47)34(49-38(40)41)18-35(31)48-36/h5-6,8-11,16-19,33,38H,3-4,7,12-15,20-21H2,1-2H3,(H,46,47)/t33-/m0/s1. The van der Waals surface area contributed by atoms with Crippen LogP contribution in [0.15, 0.2) is 65.2 Å². The van der Waals surface area contributed by atoms with Gasteiger partial charge in [0.15, 0.2) is 5.58 Å². The lowest BCUT2D eigenvalue weighted by Gasteiger charge is -2.22. The summed E-state index contributed by atoms with van der Waals surface area (Å²) in [6.45, 7) is 4.02. The van der Waals surface area contributed by atoms with E-state index in [1.54, 1.807) is 23.2 Å². The van der Waals surface area contributed by atoms with Gasteiger partial charge in [-0.15, -0.1) is 0 Å². The van der Waals surface area contributed by atoms with Crippen LogP contribution in [0.2, 0.25) is 0 Å². The van der Waals surface area contributed by atoms with E-state index in [2.05, 4.69) is 9.88 Å². The van der Waals surface area contributed by atoms with Crippen molar-refractivity contribution in [2.24, 2.45) is 0 Å². The summed E-state index contributed by atoms with van der Waals surface area (Å²) in [6, 6.07) is 15.6. The zero-order valence-electron chi connectivity index (χ0n) is 27.4. The first kappa shape index (κ1) is 32.8. The van der Waals surface area contributed by atoms with Gasteiger partial charge in [0.1, 0.15) is 23.1 Å². The average molecular weight is 671 g/mol. The highest BCUT2D eigenvalue weighted by Gasteiger charge is 2.31. The summed E-state index contributed by atoms with van der Waals surface area (Å²) in [4.78, 5) is 25.0. The van der Waals surface area contributed by atoms with Gasteiger partial charge in [0.05, 0.1) is 5.69 Å². The molecule has 2 aliphatic heterocycles. The number of halogens is 3. The number of carboxylic acid groups (broad SMARTS) is 1. The van der Waals surface area contributed by atoms with Gasteiger partial charge in [0, 0.05) is 42.0 Å². The molecule has 0 aliphatic carbocycles. The zero-order chi connectivity index (χ0) is 34.2. The Morgan fingerprint density at radius 3 is 2.35 bits per heavy atom. The summed E-state index contributed by atoms with van der Waals surface area (Å²) >= 11 is 0. The van der Waals surface area contributed by atoms with Gasteiger partial charge in [0.2, 0.25) is 5.89 Å². The first-order valence-corrected chi connectivity index (χ1v) is 16.6.